The Morgan fingerprint density at radius 2 is 1.89 bits per heavy atom. The standard InChI is InChI=1S/C15H22O4/c1-11(16)9-12-5-7-13(8-6-12)19-10-15(2,3)14(17)18-4/h5-8,11,16H,9-10H2,1-4H3. The molecule has 0 saturated heterocycles. The van der Waals surface area contributed by atoms with E-state index in [0.717, 1.165) is 5.56 Å². The summed E-state index contributed by atoms with van der Waals surface area (Å²) in [4.78, 5) is 11.5. The Balaban J connectivity index is 2.57. The van der Waals surface area contributed by atoms with Gasteiger partial charge in [0.05, 0.1) is 18.6 Å². The van der Waals surface area contributed by atoms with Gasteiger partial charge in [-0.15, -0.1) is 0 Å². The van der Waals surface area contributed by atoms with Gasteiger partial charge in [-0.2, -0.15) is 0 Å². The number of hydrogen-bond donors (Lipinski definition) is 1. The van der Waals surface area contributed by atoms with Crippen molar-refractivity contribution in [2.24, 2.45) is 5.41 Å². The van der Waals surface area contributed by atoms with Crippen molar-refractivity contribution in [2.75, 3.05) is 13.7 Å². The van der Waals surface area contributed by atoms with Gasteiger partial charge < -0.3 is 14.6 Å². The van der Waals surface area contributed by atoms with Gasteiger partial charge in [-0.1, -0.05) is 12.1 Å². The lowest BCUT2D eigenvalue weighted by Crippen LogP contribution is -2.32. The third-order valence-electron chi connectivity index (χ3n) is 2.79. The van der Waals surface area contributed by atoms with Gasteiger partial charge >= 0.3 is 5.97 Å². The highest BCUT2D eigenvalue weighted by molar-refractivity contribution is 5.75. The molecule has 0 fully saturated rings. The van der Waals surface area contributed by atoms with Crippen LogP contribution in [0.25, 0.3) is 0 Å². The van der Waals surface area contributed by atoms with Crippen LogP contribution in [0.5, 0.6) is 5.75 Å². The number of esters is 1. The molecule has 0 radical (unpaired) electrons. The SMILES string of the molecule is COC(=O)C(C)(C)COc1ccc(CC(C)O)cc1. The van der Waals surface area contributed by atoms with Crippen molar-refractivity contribution in [3.05, 3.63) is 29.8 Å². The Hall–Kier alpha value is -1.55. The largest absolute Gasteiger partial charge is 0.492 e. The molecule has 1 unspecified atom stereocenters. The highest BCUT2D eigenvalue weighted by atomic mass is 16.5. The van der Waals surface area contributed by atoms with Gasteiger partial charge in [-0.05, 0) is 44.9 Å². The normalized spacial score (nSPS) is 12.9. The van der Waals surface area contributed by atoms with Crippen LogP contribution in [-0.4, -0.2) is 30.9 Å². The number of carbonyl (C=O) groups is 1. The number of aliphatic hydroxyl groups is 1. The zero-order valence-corrected chi connectivity index (χ0v) is 12.0. The van der Waals surface area contributed by atoms with E-state index in [1.54, 1.807) is 20.8 Å². The summed E-state index contributed by atoms with van der Waals surface area (Å²) < 4.78 is 10.3. The minimum absolute atomic E-state index is 0.259. The van der Waals surface area contributed by atoms with Crippen LogP contribution in [0.3, 0.4) is 0 Å². The second-order valence-corrected chi connectivity index (χ2v) is 5.36. The number of methoxy groups -OCH3 is 1. The van der Waals surface area contributed by atoms with Gasteiger partial charge in [-0.25, -0.2) is 0 Å². The Morgan fingerprint density at radius 3 is 2.37 bits per heavy atom. The van der Waals surface area contributed by atoms with Crippen molar-refractivity contribution in [2.45, 2.75) is 33.3 Å². The number of rotatable bonds is 6. The molecule has 1 rings (SSSR count). The van der Waals surface area contributed by atoms with Gasteiger partial charge in [-0.3, -0.25) is 4.79 Å². The average Bonchev–Trinajstić information content (AvgIpc) is 2.36. The Kier molecular flexibility index (Phi) is 5.36. The lowest BCUT2D eigenvalue weighted by atomic mass is 9.95. The van der Waals surface area contributed by atoms with Crippen molar-refractivity contribution in [3.63, 3.8) is 0 Å². The summed E-state index contributed by atoms with van der Waals surface area (Å²) in [5.41, 5.74) is 0.377. The van der Waals surface area contributed by atoms with Crippen LogP contribution in [0.1, 0.15) is 26.3 Å². The van der Waals surface area contributed by atoms with E-state index in [1.165, 1.54) is 7.11 Å². The van der Waals surface area contributed by atoms with Crippen LogP contribution in [0.15, 0.2) is 24.3 Å². The predicted molar refractivity (Wildman–Crippen MR) is 73.1 cm³/mol. The minimum Gasteiger partial charge on any atom is -0.492 e. The highest BCUT2D eigenvalue weighted by Crippen LogP contribution is 2.20. The molecule has 4 nitrogen and oxygen atoms in total. The summed E-state index contributed by atoms with van der Waals surface area (Å²) in [7, 11) is 1.37. The molecule has 0 bridgehead atoms. The summed E-state index contributed by atoms with van der Waals surface area (Å²) in [6, 6.07) is 7.50. The zero-order valence-electron chi connectivity index (χ0n) is 12.0. The van der Waals surface area contributed by atoms with Crippen molar-refractivity contribution in [3.8, 4) is 5.75 Å². The summed E-state index contributed by atoms with van der Waals surface area (Å²) in [6.45, 7) is 5.57. The van der Waals surface area contributed by atoms with Crippen LogP contribution in [0.4, 0.5) is 0 Å². The van der Waals surface area contributed by atoms with E-state index >= 15 is 0 Å². The third kappa shape index (κ3) is 4.91. The fourth-order valence-electron chi connectivity index (χ4n) is 1.66. The summed E-state index contributed by atoms with van der Waals surface area (Å²) >= 11 is 0. The highest BCUT2D eigenvalue weighted by Gasteiger charge is 2.29. The molecule has 1 aromatic rings. The van der Waals surface area contributed by atoms with Gasteiger partial charge in [0.1, 0.15) is 12.4 Å². The molecule has 0 saturated carbocycles. The van der Waals surface area contributed by atoms with Crippen molar-refractivity contribution in [1.29, 1.82) is 0 Å². The molecule has 0 aliphatic heterocycles. The van der Waals surface area contributed by atoms with E-state index in [-0.39, 0.29) is 18.7 Å². The van der Waals surface area contributed by atoms with Crippen molar-refractivity contribution in [1.82, 2.24) is 0 Å². The molecule has 1 atom stereocenters. The van der Waals surface area contributed by atoms with Crippen LogP contribution >= 0.6 is 0 Å². The number of carbonyl (C=O) groups excluding carboxylic acids is 1. The van der Waals surface area contributed by atoms with Gasteiger partial charge in [0.15, 0.2) is 0 Å². The van der Waals surface area contributed by atoms with Gasteiger partial charge in [0.2, 0.25) is 0 Å². The summed E-state index contributed by atoms with van der Waals surface area (Å²) in [6.07, 6.45) is 0.263. The zero-order chi connectivity index (χ0) is 14.5. The van der Waals surface area contributed by atoms with E-state index in [1.807, 2.05) is 24.3 Å². The first kappa shape index (κ1) is 15.5. The lowest BCUT2D eigenvalue weighted by Gasteiger charge is -2.21. The fourth-order valence-corrected chi connectivity index (χ4v) is 1.66. The topological polar surface area (TPSA) is 55.8 Å². The molecule has 1 aromatic carbocycles. The van der Waals surface area contributed by atoms with E-state index in [4.69, 9.17) is 9.47 Å². The first-order valence-electron chi connectivity index (χ1n) is 6.33. The lowest BCUT2D eigenvalue weighted by molar-refractivity contribution is -0.152. The monoisotopic (exact) mass is 266 g/mol. The number of ether oxygens (including phenoxy) is 2. The van der Waals surface area contributed by atoms with Crippen molar-refractivity contribution >= 4 is 5.97 Å². The first-order valence-corrected chi connectivity index (χ1v) is 6.33. The van der Waals surface area contributed by atoms with Crippen LogP contribution in [0, 0.1) is 5.41 Å². The quantitative estimate of drug-likeness (QED) is 0.802. The maximum atomic E-state index is 11.5. The molecular weight excluding hydrogens is 244 g/mol. The Morgan fingerprint density at radius 1 is 1.32 bits per heavy atom. The molecule has 106 valence electrons. The molecule has 1 N–H and O–H groups in total. The van der Waals surface area contributed by atoms with Crippen LogP contribution < -0.4 is 4.74 Å². The molecular formula is C15H22O4. The molecule has 0 aliphatic carbocycles. The van der Waals surface area contributed by atoms with Crippen LogP contribution in [0.2, 0.25) is 0 Å². The van der Waals surface area contributed by atoms with Gasteiger partial charge in [0.25, 0.3) is 0 Å². The maximum absolute atomic E-state index is 11.5. The molecule has 0 amide bonds. The molecule has 0 aromatic heterocycles. The molecule has 0 aliphatic rings. The average molecular weight is 266 g/mol. The molecule has 0 heterocycles. The van der Waals surface area contributed by atoms with Crippen molar-refractivity contribution < 1.29 is 19.4 Å². The van der Waals surface area contributed by atoms with E-state index in [2.05, 4.69) is 0 Å². The maximum Gasteiger partial charge on any atom is 0.314 e. The van der Waals surface area contributed by atoms with E-state index in [9.17, 15) is 9.90 Å². The Bertz CT molecular complexity index is 407. The third-order valence-corrected chi connectivity index (χ3v) is 2.79. The second kappa shape index (κ2) is 6.57. The summed E-state index contributed by atoms with van der Waals surface area (Å²) in [5.74, 6) is 0.407. The predicted octanol–water partition coefficient (Wildman–Crippen LogP) is 2.19. The molecule has 4 heteroatoms. The molecule has 19 heavy (non-hydrogen) atoms. The van der Waals surface area contributed by atoms with E-state index < -0.39 is 5.41 Å². The minimum atomic E-state index is -0.674. The smallest absolute Gasteiger partial charge is 0.314 e. The number of aliphatic hydroxyl groups excluding tert-OH is 1. The van der Waals surface area contributed by atoms with E-state index in [0.29, 0.717) is 12.2 Å². The Labute approximate surface area is 114 Å². The molecule has 0 spiro atoms. The van der Waals surface area contributed by atoms with Crippen LogP contribution in [-0.2, 0) is 16.0 Å². The summed E-state index contributed by atoms with van der Waals surface area (Å²) in [5, 5.41) is 9.29. The van der Waals surface area contributed by atoms with Gasteiger partial charge in [0, 0.05) is 0 Å². The first-order chi connectivity index (χ1) is 8.85. The fraction of sp³-hybridized carbons (Fsp3) is 0.533. The number of hydrogen-bond acceptors (Lipinski definition) is 4. The second-order valence-electron chi connectivity index (χ2n) is 5.36. The number of benzene rings is 1.